The second-order valence-corrected chi connectivity index (χ2v) is 5.34. The number of carbonyl (C=O) groups excluding carboxylic acids is 1. The maximum Gasteiger partial charge on any atom is 0.256 e. The third-order valence-electron chi connectivity index (χ3n) is 3.69. The highest BCUT2D eigenvalue weighted by molar-refractivity contribution is 6.04. The van der Waals surface area contributed by atoms with Crippen molar-refractivity contribution in [1.82, 2.24) is 14.9 Å². The van der Waals surface area contributed by atoms with Gasteiger partial charge in [0.05, 0.1) is 23.5 Å². The Morgan fingerprint density at radius 1 is 1.60 bits per heavy atom. The van der Waals surface area contributed by atoms with E-state index in [1.165, 1.54) is 23.4 Å². The molecule has 2 aromatic rings. The predicted octanol–water partition coefficient (Wildman–Crippen LogP) is 1.54. The zero-order chi connectivity index (χ0) is 14.3. The fraction of sp³-hybridized carbons (Fsp3) is 0.429. The van der Waals surface area contributed by atoms with E-state index < -0.39 is 11.9 Å². The molecule has 0 bridgehead atoms. The van der Waals surface area contributed by atoms with E-state index in [0.717, 1.165) is 12.8 Å². The average molecular weight is 277 g/mol. The Hall–Kier alpha value is -1.95. The van der Waals surface area contributed by atoms with Gasteiger partial charge in [-0.3, -0.25) is 4.79 Å². The Labute approximate surface area is 115 Å². The van der Waals surface area contributed by atoms with Crippen LogP contribution in [-0.2, 0) is 0 Å². The summed E-state index contributed by atoms with van der Waals surface area (Å²) < 4.78 is 13.5. The van der Waals surface area contributed by atoms with Gasteiger partial charge in [0.25, 0.3) is 5.91 Å². The summed E-state index contributed by atoms with van der Waals surface area (Å²) in [5.41, 5.74) is 1.15. The van der Waals surface area contributed by atoms with E-state index in [-0.39, 0.29) is 18.0 Å². The van der Waals surface area contributed by atoms with E-state index in [0.29, 0.717) is 17.0 Å². The molecule has 1 fully saturated rings. The van der Waals surface area contributed by atoms with Crippen LogP contribution in [0.2, 0.25) is 0 Å². The molecule has 106 valence electrons. The van der Waals surface area contributed by atoms with Gasteiger partial charge in [-0.15, -0.1) is 0 Å². The summed E-state index contributed by atoms with van der Waals surface area (Å²) in [7, 11) is 1.61. The fourth-order valence-electron chi connectivity index (χ4n) is 2.38. The highest BCUT2D eigenvalue weighted by Crippen LogP contribution is 2.33. The number of benzene rings is 1. The summed E-state index contributed by atoms with van der Waals surface area (Å²) in [4.78, 5) is 20.7. The summed E-state index contributed by atoms with van der Waals surface area (Å²) >= 11 is 0. The Bertz CT molecular complexity index is 651. The van der Waals surface area contributed by atoms with Gasteiger partial charge in [0.2, 0.25) is 0 Å². The molecule has 2 N–H and O–H groups in total. The molecule has 3 rings (SSSR count). The molecule has 20 heavy (non-hydrogen) atoms. The van der Waals surface area contributed by atoms with Crippen LogP contribution in [0.1, 0.15) is 23.2 Å². The van der Waals surface area contributed by atoms with Crippen molar-refractivity contribution >= 4 is 16.9 Å². The smallest absolute Gasteiger partial charge is 0.256 e. The van der Waals surface area contributed by atoms with Gasteiger partial charge in [-0.25, -0.2) is 9.37 Å². The molecule has 1 unspecified atom stereocenters. The lowest BCUT2D eigenvalue weighted by atomic mass is 10.1. The lowest BCUT2D eigenvalue weighted by molar-refractivity contribution is 0.0646. The number of fused-ring (bicyclic) bond motifs is 1. The van der Waals surface area contributed by atoms with Gasteiger partial charge in [-0.2, -0.15) is 0 Å². The normalized spacial score (nSPS) is 16.4. The van der Waals surface area contributed by atoms with Crippen LogP contribution in [-0.4, -0.2) is 45.6 Å². The van der Waals surface area contributed by atoms with Crippen LogP contribution in [0.4, 0.5) is 4.39 Å². The van der Waals surface area contributed by atoms with Crippen molar-refractivity contribution in [2.45, 2.75) is 18.9 Å². The van der Waals surface area contributed by atoms with Crippen LogP contribution in [0.3, 0.4) is 0 Å². The fourth-order valence-corrected chi connectivity index (χ4v) is 2.38. The molecule has 1 aromatic carbocycles. The summed E-state index contributed by atoms with van der Waals surface area (Å²) in [6.07, 6.45) is 2.94. The number of halogens is 1. The highest BCUT2D eigenvalue weighted by Gasteiger charge is 2.31. The van der Waals surface area contributed by atoms with Gasteiger partial charge < -0.3 is 15.0 Å². The third kappa shape index (κ3) is 2.38. The van der Waals surface area contributed by atoms with Crippen molar-refractivity contribution in [3.05, 3.63) is 29.8 Å². The van der Waals surface area contributed by atoms with E-state index in [4.69, 9.17) is 0 Å². The van der Waals surface area contributed by atoms with Crippen molar-refractivity contribution in [3.63, 3.8) is 0 Å². The number of imidazole rings is 1. The number of carbonyl (C=O) groups is 1. The zero-order valence-electron chi connectivity index (χ0n) is 11.1. The molecule has 6 heteroatoms. The van der Waals surface area contributed by atoms with Gasteiger partial charge >= 0.3 is 0 Å². The van der Waals surface area contributed by atoms with Gasteiger partial charge in [0.1, 0.15) is 11.3 Å². The number of hydrogen-bond donors (Lipinski definition) is 2. The summed E-state index contributed by atoms with van der Waals surface area (Å²) in [5.74, 6) is -0.522. The highest BCUT2D eigenvalue weighted by atomic mass is 19.1. The average Bonchev–Trinajstić information content (AvgIpc) is 3.16. The van der Waals surface area contributed by atoms with Gasteiger partial charge in [0, 0.05) is 13.6 Å². The number of nitrogens with zero attached hydrogens (tertiary/aromatic N) is 2. The topological polar surface area (TPSA) is 69.2 Å². The molecule has 1 atom stereocenters. The SMILES string of the molecule is CN(CC(O)C1CC1)C(=O)c1cc(F)cc2[nH]cnc12. The number of rotatable bonds is 4. The standard InChI is InChI=1S/C14H16FN3O2/c1-18(6-12(19)8-2-3-8)14(20)10-4-9(15)5-11-13(10)17-7-16-11/h4-5,7-8,12,19H,2-3,6H2,1H3,(H,16,17). The molecular weight excluding hydrogens is 261 g/mol. The molecule has 0 radical (unpaired) electrons. The minimum Gasteiger partial charge on any atom is -0.391 e. The number of aromatic amines is 1. The van der Waals surface area contributed by atoms with Crippen LogP contribution in [0.15, 0.2) is 18.5 Å². The van der Waals surface area contributed by atoms with Crippen LogP contribution < -0.4 is 0 Å². The van der Waals surface area contributed by atoms with E-state index in [2.05, 4.69) is 9.97 Å². The van der Waals surface area contributed by atoms with Gasteiger partial charge in [-0.1, -0.05) is 0 Å². The van der Waals surface area contributed by atoms with Crippen molar-refractivity contribution in [3.8, 4) is 0 Å². The number of likely N-dealkylation sites (N-methyl/N-ethyl adjacent to an activating group) is 1. The first kappa shape index (κ1) is 13.1. The zero-order valence-corrected chi connectivity index (χ0v) is 11.1. The Balaban J connectivity index is 1.85. The molecule has 1 amide bonds. The number of nitrogens with one attached hydrogen (secondary N) is 1. The third-order valence-corrected chi connectivity index (χ3v) is 3.69. The van der Waals surface area contributed by atoms with Crippen molar-refractivity contribution in [2.75, 3.05) is 13.6 Å². The number of hydrogen-bond acceptors (Lipinski definition) is 3. The maximum atomic E-state index is 13.5. The molecule has 5 nitrogen and oxygen atoms in total. The van der Waals surface area contributed by atoms with Crippen LogP contribution in [0.25, 0.3) is 11.0 Å². The second kappa shape index (κ2) is 4.86. The lowest BCUT2D eigenvalue weighted by Gasteiger charge is -2.21. The number of aliphatic hydroxyl groups is 1. The minimum absolute atomic E-state index is 0.215. The first-order valence-electron chi connectivity index (χ1n) is 6.62. The van der Waals surface area contributed by atoms with Crippen LogP contribution >= 0.6 is 0 Å². The Morgan fingerprint density at radius 2 is 2.35 bits per heavy atom. The molecular formula is C14H16FN3O2. The van der Waals surface area contributed by atoms with Gasteiger partial charge in [-0.05, 0) is 30.9 Å². The summed E-state index contributed by atoms with van der Waals surface area (Å²) in [6.45, 7) is 0.256. The van der Waals surface area contributed by atoms with Crippen molar-refractivity contribution in [2.24, 2.45) is 5.92 Å². The number of aromatic nitrogens is 2. The summed E-state index contributed by atoms with van der Waals surface area (Å²) in [6, 6.07) is 2.49. The van der Waals surface area contributed by atoms with E-state index >= 15 is 0 Å². The Morgan fingerprint density at radius 3 is 3.05 bits per heavy atom. The first-order chi connectivity index (χ1) is 9.56. The lowest BCUT2D eigenvalue weighted by Crippen LogP contribution is -2.35. The number of amides is 1. The molecule has 0 spiro atoms. The summed E-state index contributed by atoms with van der Waals surface area (Å²) in [5, 5.41) is 9.89. The van der Waals surface area contributed by atoms with Crippen LogP contribution in [0, 0.1) is 11.7 Å². The number of H-pyrrole nitrogens is 1. The van der Waals surface area contributed by atoms with Crippen molar-refractivity contribution in [1.29, 1.82) is 0 Å². The first-order valence-corrected chi connectivity index (χ1v) is 6.62. The van der Waals surface area contributed by atoms with E-state index in [9.17, 15) is 14.3 Å². The maximum absolute atomic E-state index is 13.5. The molecule has 1 aromatic heterocycles. The largest absolute Gasteiger partial charge is 0.391 e. The molecule has 0 aliphatic heterocycles. The molecule has 1 heterocycles. The quantitative estimate of drug-likeness (QED) is 0.890. The monoisotopic (exact) mass is 277 g/mol. The van der Waals surface area contributed by atoms with Crippen molar-refractivity contribution < 1.29 is 14.3 Å². The van der Waals surface area contributed by atoms with Crippen LogP contribution in [0.5, 0.6) is 0 Å². The minimum atomic E-state index is -0.507. The second-order valence-electron chi connectivity index (χ2n) is 5.34. The van der Waals surface area contributed by atoms with Gasteiger partial charge in [0.15, 0.2) is 0 Å². The van der Waals surface area contributed by atoms with E-state index in [1.807, 2.05) is 0 Å². The molecule has 1 aliphatic rings. The predicted molar refractivity (Wildman–Crippen MR) is 71.7 cm³/mol. The molecule has 1 saturated carbocycles. The molecule has 1 aliphatic carbocycles. The Kier molecular flexibility index (Phi) is 3.17. The van der Waals surface area contributed by atoms with E-state index in [1.54, 1.807) is 7.05 Å². The molecule has 0 saturated heterocycles. The number of aliphatic hydroxyl groups excluding tert-OH is 1.